The van der Waals surface area contributed by atoms with Crippen LogP contribution in [0.1, 0.15) is 13.8 Å². The first kappa shape index (κ1) is 16.7. The Bertz CT molecular complexity index is 626. The molecule has 117 valence electrons. The molecule has 0 heterocycles. The number of hydrogen-bond donors (Lipinski definition) is 0. The molecule has 6 heteroatoms. The van der Waals surface area contributed by atoms with Crippen molar-refractivity contribution in [1.29, 1.82) is 0 Å². The Kier molecular flexibility index (Phi) is 5.76. The van der Waals surface area contributed by atoms with E-state index in [4.69, 9.17) is 8.85 Å². The highest BCUT2D eigenvalue weighted by Crippen LogP contribution is 2.24. The summed E-state index contributed by atoms with van der Waals surface area (Å²) in [7, 11) is -1.57. The minimum Gasteiger partial charge on any atom is -0.390 e. The second-order valence-electron chi connectivity index (χ2n) is 4.48. The van der Waals surface area contributed by atoms with Crippen molar-refractivity contribution in [2.45, 2.75) is 13.8 Å². The minimum atomic E-state index is -1.57. The summed E-state index contributed by atoms with van der Waals surface area (Å²) < 4.78 is 51.2. The van der Waals surface area contributed by atoms with E-state index in [-0.39, 0.29) is 5.56 Å². The molecule has 0 aliphatic rings. The topological polar surface area (TPSA) is 18.5 Å². The van der Waals surface area contributed by atoms with E-state index in [1.807, 2.05) is 13.8 Å². The van der Waals surface area contributed by atoms with Gasteiger partial charge in [0.15, 0.2) is 11.6 Å². The van der Waals surface area contributed by atoms with Crippen LogP contribution in [0.2, 0.25) is 0 Å². The van der Waals surface area contributed by atoms with Gasteiger partial charge < -0.3 is 8.85 Å². The van der Waals surface area contributed by atoms with Crippen LogP contribution >= 0.6 is 0 Å². The van der Waals surface area contributed by atoms with Crippen molar-refractivity contribution in [3.05, 3.63) is 53.8 Å². The molecule has 2 aromatic rings. The Labute approximate surface area is 129 Å². The molecule has 0 amide bonds. The normalized spacial score (nSPS) is 11.2. The Hall–Kier alpha value is -1.63. The third-order valence-electron chi connectivity index (χ3n) is 2.99. The molecule has 0 saturated heterocycles. The van der Waals surface area contributed by atoms with Crippen LogP contribution in [0.3, 0.4) is 0 Å². The molecule has 0 N–H and O–H groups in total. The Balaban J connectivity index is 2.30. The molecule has 0 unspecified atom stereocenters. The highest BCUT2D eigenvalue weighted by atomic mass is 28.3. The first-order valence-electron chi connectivity index (χ1n) is 6.94. The number of hydrogen-bond acceptors (Lipinski definition) is 2. The summed E-state index contributed by atoms with van der Waals surface area (Å²) in [6, 6.07) is 8.22. The zero-order valence-corrected chi connectivity index (χ0v) is 13.3. The summed E-state index contributed by atoms with van der Waals surface area (Å²) in [5.41, 5.74) is 0.488. The van der Waals surface area contributed by atoms with Crippen LogP contribution in [-0.4, -0.2) is 22.5 Å². The Morgan fingerprint density at radius 3 is 1.91 bits per heavy atom. The van der Waals surface area contributed by atoms with Gasteiger partial charge in [-0.05, 0) is 30.7 Å². The molecule has 0 fully saturated rings. The van der Waals surface area contributed by atoms with E-state index in [1.54, 1.807) is 24.3 Å². The lowest BCUT2D eigenvalue weighted by Gasteiger charge is -2.14. The first-order valence-corrected chi connectivity index (χ1v) is 8.26. The number of rotatable bonds is 6. The van der Waals surface area contributed by atoms with Crippen LogP contribution in [0.25, 0.3) is 11.1 Å². The number of halogens is 3. The van der Waals surface area contributed by atoms with Crippen molar-refractivity contribution >= 4 is 14.5 Å². The predicted molar refractivity (Wildman–Crippen MR) is 80.4 cm³/mol. The van der Waals surface area contributed by atoms with Crippen LogP contribution in [0.15, 0.2) is 36.4 Å². The fourth-order valence-electron chi connectivity index (χ4n) is 2.00. The van der Waals surface area contributed by atoms with Crippen molar-refractivity contribution in [3.63, 3.8) is 0 Å². The van der Waals surface area contributed by atoms with Gasteiger partial charge in [-0.2, -0.15) is 0 Å². The maximum Gasteiger partial charge on any atom is 0.423 e. The molecule has 0 aliphatic heterocycles. The molecule has 2 aromatic carbocycles. The monoisotopic (exact) mass is 325 g/mol. The van der Waals surface area contributed by atoms with Crippen LogP contribution in [0, 0.1) is 17.5 Å². The highest BCUT2D eigenvalue weighted by molar-refractivity contribution is 6.61. The summed E-state index contributed by atoms with van der Waals surface area (Å²) in [6.45, 7) is 4.84. The minimum absolute atomic E-state index is 0.0204. The van der Waals surface area contributed by atoms with Crippen LogP contribution in [0.5, 0.6) is 0 Å². The highest BCUT2D eigenvalue weighted by Gasteiger charge is 2.18. The van der Waals surface area contributed by atoms with Gasteiger partial charge in [0.2, 0.25) is 0 Å². The van der Waals surface area contributed by atoms with E-state index in [2.05, 4.69) is 0 Å². The zero-order chi connectivity index (χ0) is 16.1. The zero-order valence-electron chi connectivity index (χ0n) is 12.3. The molecule has 22 heavy (non-hydrogen) atoms. The average molecular weight is 325 g/mol. The second-order valence-corrected chi connectivity index (χ2v) is 6.21. The largest absolute Gasteiger partial charge is 0.423 e. The molecule has 0 aromatic heterocycles. The lowest BCUT2D eigenvalue weighted by Crippen LogP contribution is -2.36. The van der Waals surface area contributed by atoms with E-state index < -0.39 is 26.7 Å². The molecule has 1 radical (unpaired) electrons. The summed E-state index contributed by atoms with van der Waals surface area (Å²) >= 11 is 0. The van der Waals surface area contributed by atoms with Crippen LogP contribution in [-0.2, 0) is 8.85 Å². The van der Waals surface area contributed by atoms with Gasteiger partial charge in [0, 0.05) is 24.8 Å². The molecule has 0 saturated carbocycles. The molecular formula is C16H16F3O2Si. The van der Waals surface area contributed by atoms with Gasteiger partial charge in [0.25, 0.3) is 0 Å². The van der Waals surface area contributed by atoms with E-state index in [0.29, 0.717) is 24.8 Å². The van der Waals surface area contributed by atoms with Gasteiger partial charge in [-0.1, -0.05) is 24.3 Å². The molecule has 2 nitrogen and oxygen atoms in total. The Morgan fingerprint density at radius 2 is 1.36 bits per heavy atom. The van der Waals surface area contributed by atoms with E-state index >= 15 is 0 Å². The summed E-state index contributed by atoms with van der Waals surface area (Å²) in [5, 5.41) is 0.875. The van der Waals surface area contributed by atoms with Crippen molar-refractivity contribution in [2.24, 2.45) is 0 Å². The molecular weight excluding hydrogens is 309 g/mol. The van der Waals surface area contributed by atoms with Gasteiger partial charge in [-0.25, -0.2) is 13.2 Å². The molecule has 0 spiro atoms. The molecule has 0 atom stereocenters. The fraction of sp³-hybridized carbons (Fsp3) is 0.250. The van der Waals surface area contributed by atoms with Crippen LogP contribution < -0.4 is 5.19 Å². The Morgan fingerprint density at radius 1 is 0.818 bits per heavy atom. The van der Waals surface area contributed by atoms with Crippen molar-refractivity contribution in [3.8, 4) is 11.1 Å². The second kappa shape index (κ2) is 7.58. The first-order chi connectivity index (χ1) is 10.6. The van der Waals surface area contributed by atoms with Crippen molar-refractivity contribution in [2.75, 3.05) is 13.2 Å². The standard InChI is InChI=1S/C16H16F3O2Si/c1-3-20-22(21-4-2)12-7-5-11(6-8-12)13-9-15(18)16(19)10-14(13)17/h5-10H,3-4H2,1-2H3. The van der Waals surface area contributed by atoms with E-state index in [1.165, 1.54) is 0 Å². The van der Waals surface area contributed by atoms with Crippen molar-refractivity contribution < 1.29 is 22.0 Å². The van der Waals surface area contributed by atoms with Gasteiger partial charge in [0.1, 0.15) is 5.82 Å². The van der Waals surface area contributed by atoms with Crippen molar-refractivity contribution in [1.82, 2.24) is 0 Å². The molecule has 0 aliphatic carbocycles. The van der Waals surface area contributed by atoms with Gasteiger partial charge in [-0.3, -0.25) is 0 Å². The molecule has 0 bridgehead atoms. The quantitative estimate of drug-likeness (QED) is 0.597. The van der Waals surface area contributed by atoms with Gasteiger partial charge >= 0.3 is 9.28 Å². The predicted octanol–water partition coefficient (Wildman–Crippen LogP) is 3.54. The summed E-state index contributed by atoms with van der Waals surface area (Å²) in [6.07, 6.45) is 0. The maximum absolute atomic E-state index is 13.8. The lowest BCUT2D eigenvalue weighted by molar-refractivity contribution is 0.225. The molecule has 2 rings (SSSR count). The average Bonchev–Trinajstić information content (AvgIpc) is 2.51. The lowest BCUT2D eigenvalue weighted by atomic mass is 10.1. The van der Waals surface area contributed by atoms with Gasteiger partial charge in [0.05, 0.1) is 0 Å². The third kappa shape index (κ3) is 3.76. The van der Waals surface area contributed by atoms with Gasteiger partial charge in [-0.15, -0.1) is 0 Å². The smallest absolute Gasteiger partial charge is 0.390 e. The maximum atomic E-state index is 13.8. The fourth-order valence-corrected chi connectivity index (χ4v) is 3.38. The van der Waals surface area contributed by atoms with E-state index in [0.717, 1.165) is 11.3 Å². The summed E-state index contributed by atoms with van der Waals surface area (Å²) in [5.74, 6) is -3.07. The third-order valence-corrected chi connectivity index (χ3v) is 4.90. The number of benzene rings is 2. The van der Waals surface area contributed by atoms with E-state index in [9.17, 15) is 13.2 Å². The summed E-state index contributed by atoms with van der Waals surface area (Å²) in [4.78, 5) is 0. The SMILES string of the molecule is CCO[Si](OCC)c1ccc(-c2cc(F)c(F)cc2F)cc1. The van der Waals surface area contributed by atoms with Crippen LogP contribution in [0.4, 0.5) is 13.2 Å².